The molecule has 3 aromatic rings. The number of unbranched alkanes of at least 4 members (excludes halogenated alkanes) is 1. The van der Waals surface area contributed by atoms with E-state index in [1.54, 1.807) is 23.0 Å². The molecule has 2 amide bonds. The van der Waals surface area contributed by atoms with E-state index in [1.165, 1.54) is 12.1 Å². The number of carbonyl (C=O) groups excluding carboxylic acids is 2. The minimum atomic E-state index is -0.602. The highest BCUT2D eigenvalue weighted by atomic mass is 19.1. The molecule has 0 aliphatic carbocycles. The van der Waals surface area contributed by atoms with E-state index in [4.69, 9.17) is 4.74 Å². The molecule has 2 aromatic carbocycles. The first-order valence-corrected chi connectivity index (χ1v) is 11.1. The van der Waals surface area contributed by atoms with Crippen molar-refractivity contribution in [3.05, 3.63) is 65.1 Å². The molecule has 7 heteroatoms. The summed E-state index contributed by atoms with van der Waals surface area (Å²) in [6.45, 7) is 2.73. The van der Waals surface area contributed by atoms with E-state index in [9.17, 15) is 14.0 Å². The Hall–Kier alpha value is -3.35. The van der Waals surface area contributed by atoms with Crippen LogP contribution >= 0.6 is 0 Å². The molecule has 1 aromatic heterocycles. The summed E-state index contributed by atoms with van der Waals surface area (Å²) >= 11 is 0. The van der Waals surface area contributed by atoms with E-state index in [0.29, 0.717) is 18.7 Å². The topological polar surface area (TPSA) is 65.6 Å². The fraction of sp³-hybridized carbons (Fsp3) is 0.360. The predicted octanol–water partition coefficient (Wildman–Crippen LogP) is 3.80. The van der Waals surface area contributed by atoms with Crippen molar-refractivity contribution in [2.75, 3.05) is 20.2 Å². The van der Waals surface area contributed by atoms with Crippen molar-refractivity contribution in [2.45, 2.75) is 38.3 Å². The summed E-state index contributed by atoms with van der Waals surface area (Å²) in [6, 6.07) is 11.1. The largest absolute Gasteiger partial charge is 0.497 e. The van der Waals surface area contributed by atoms with Gasteiger partial charge in [0.05, 0.1) is 19.7 Å². The Kier molecular flexibility index (Phi) is 5.12. The van der Waals surface area contributed by atoms with Gasteiger partial charge in [-0.3, -0.25) is 9.59 Å². The number of nitrogens with zero attached hydrogens (tertiary/aromatic N) is 2. The smallest absolute Gasteiger partial charge is 0.246 e. The Bertz CT molecular complexity index is 1190. The monoisotopic (exact) mass is 435 g/mol. The van der Waals surface area contributed by atoms with Crippen molar-refractivity contribution in [3.8, 4) is 5.75 Å². The summed E-state index contributed by atoms with van der Waals surface area (Å²) in [6.07, 6.45) is 2.18. The van der Waals surface area contributed by atoms with E-state index in [1.807, 2.05) is 24.3 Å². The molecule has 0 radical (unpaired) electrons. The lowest BCUT2D eigenvalue weighted by Crippen LogP contribution is -2.63. The first kappa shape index (κ1) is 20.5. The molecule has 166 valence electrons. The lowest BCUT2D eigenvalue weighted by Gasteiger charge is -2.47. The lowest BCUT2D eigenvalue weighted by molar-refractivity contribution is -0.158. The molecule has 2 atom stereocenters. The van der Waals surface area contributed by atoms with Crippen LogP contribution < -0.4 is 4.74 Å². The minimum absolute atomic E-state index is 0.0343. The number of fused-ring (bicyclic) bond motifs is 4. The molecule has 2 unspecified atom stereocenters. The zero-order valence-corrected chi connectivity index (χ0v) is 18.2. The van der Waals surface area contributed by atoms with Gasteiger partial charge in [-0.25, -0.2) is 4.39 Å². The fourth-order valence-corrected chi connectivity index (χ4v) is 5.01. The number of aromatic nitrogens is 1. The average Bonchev–Trinajstić information content (AvgIpc) is 3.16. The number of benzene rings is 2. The number of hydrogen-bond acceptors (Lipinski definition) is 3. The number of hydrogen-bond donors (Lipinski definition) is 1. The van der Waals surface area contributed by atoms with E-state index < -0.39 is 12.1 Å². The quantitative estimate of drug-likeness (QED) is 0.663. The fourth-order valence-electron chi connectivity index (χ4n) is 5.01. The molecule has 5 rings (SSSR count). The first-order valence-electron chi connectivity index (χ1n) is 11.1. The Morgan fingerprint density at radius 3 is 2.66 bits per heavy atom. The Morgan fingerprint density at radius 1 is 1.16 bits per heavy atom. The van der Waals surface area contributed by atoms with Crippen molar-refractivity contribution in [2.24, 2.45) is 0 Å². The van der Waals surface area contributed by atoms with E-state index in [0.717, 1.165) is 40.6 Å². The maximum Gasteiger partial charge on any atom is 0.246 e. The summed E-state index contributed by atoms with van der Waals surface area (Å²) in [5, 5.41) is 0.768. The van der Waals surface area contributed by atoms with Gasteiger partial charge in [-0.1, -0.05) is 25.5 Å². The molecule has 32 heavy (non-hydrogen) atoms. The summed E-state index contributed by atoms with van der Waals surface area (Å²) < 4.78 is 19.4. The summed E-state index contributed by atoms with van der Waals surface area (Å²) in [5.41, 5.74) is 3.43. The van der Waals surface area contributed by atoms with Gasteiger partial charge in [0, 0.05) is 29.6 Å². The van der Waals surface area contributed by atoms with Crippen LogP contribution in [0.25, 0.3) is 10.9 Å². The third-order valence-corrected chi connectivity index (χ3v) is 6.61. The molecular weight excluding hydrogens is 409 g/mol. The molecule has 1 N–H and O–H groups in total. The third kappa shape index (κ3) is 3.23. The van der Waals surface area contributed by atoms with Crippen LogP contribution in [0.5, 0.6) is 5.75 Å². The van der Waals surface area contributed by atoms with E-state index >= 15 is 0 Å². The maximum absolute atomic E-state index is 14.1. The molecular formula is C25H26FN3O3. The number of carbonyl (C=O) groups is 2. The Balaban J connectivity index is 1.66. The molecule has 2 aliphatic heterocycles. The van der Waals surface area contributed by atoms with Crippen molar-refractivity contribution >= 4 is 22.7 Å². The van der Waals surface area contributed by atoms with E-state index in [2.05, 4.69) is 11.9 Å². The van der Waals surface area contributed by atoms with Crippen LogP contribution in [0.3, 0.4) is 0 Å². The van der Waals surface area contributed by atoms with Gasteiger partial charge in [-0.15, -0.1) is 0 Å². The third-order valence-electron chi connectivity index (χ3n) is 6.61. The highest BCUT2D eigenvalue weighted by Crippen LogP contribution is 2.43. The number of aromatic amines is 1. The van der Waals surface area contributed by atoms with Crippen LogP contribution in [-0.2, 0) is 16.0 Å². The van der Waals surface area contributed by atoms with Crippen LogP contribution in [0.15, 0.2) is 42.5 Å². The number of ether oxygens (including phenoxy) is 1. The average molecular weight is 435 g/mol. The summed E-state index contributed by atoms with van der Waals surface area (Å²) in [5.74, 6) is 0.292. The highest BCUT2D eigenvalue weighted by molar-refractivity contribution is 5.97. The predicted molar refractivity (Wildman–Crippen MR) is 119 cm³/mol. The normalized spacial score (nSPS) is 20.5. The van der Waals surface area contributed by atoms with E-state index in [-0.39, 0.29) is 24.2 Å². The minimum Gasteiger partial charge on any atom is -0.497 e. The van der Waals surface area contributed by atoms with Crippen LogP contribution in [-0.4, -0.2) is 52.8 Å². The van der Waals surface area contributed by atoms with Crippen molar-refractivity contribution in [3.63, 3.8) is 0 Å². The number of H-pyrrole nitrogens is 1. The zero-order chi connectivity index (χ0) is 22.4. The van der Waals surface area contributed by atoms with Crippen LogP contribution in [0.4, 0.5) is 4.39 Å². The zero-order valence-electron chi connectivity index (χ0n) is 18.2. The van der Waals surface area contributed by atoms with Gasteiger partial charge in [0.15, 0.2) is 0 Å². The summed E-state index contributed by atoms with van der Waals surface area (Å²) in [7, 11) is 1.60. The number of amides is 2. The van der Waals surface area contributed by atoms with Crippen LogP contribution in [0, 0.1) is 5.82 Å². The van der Waals surface area contributed by atoms with Gasteiger partial charge in [-0.2, -0.15) is 0 Å². The number of nitrogens with one attached hydrogen (secondary N) is 1. The lowest BCUT2D eigenvalue weighted by atomic mass is 9.86. The maximum atomic E-state index is 14.1. The second-order valence-electron chi connectivity index (χ2n) is 8.52. The number of halogens is 1. The molecule has 0 spiro atoms. The Labute approximate surface area is 186 Å². The molecule has 0 bridgehead atoms. The molecule has 1 fully saturated rings. The van der Waals surface area contributed by atoms with Crippen LogP contribution in [0.2, 0.25) is 0 Å². The van der Waals surface area contributed by atoms with Gasteiger partial charge in [0.1, 0.15) is 17.6 Å². The van der Waals surface area contributed by atoms with Crippen molar-refractivity contribution < 1.29 is 18.7 Å². The molecule has 0 saturated carbocycles. The number of piperazine rings is 1. The van der Waals surface area contributed by atoms with Crippen LogP contribution in [0.1, 0.15) is 42.6 Å². The highest BCUT2D eigenvalue weighted by Gasteiger charge is 2.48. The van der Waals surface area contributed by atoms with Crippen molar-refractivity contribution in [1.82, 2.24) is 14.8 Å². The molecule has 6 nitrogen and oxygen atoms in total. The van der Waals surface area contributed by atoms with Crippen molar-refractivity contribution in [1.29, 1.82) is 0 Å². The molecule has 1 saturated heterocycles. The first-order chi connectivity index (χ1) is 15.5. The van der Waals surface area contributed by atoms with Gasteiger partial charge in [0.2, 0.25) is 11.8 Å². The Morgan fingerprint density at radius 2 is 1.94 bits per heavy atom. The molecule has 3 heterocycles. The standard InChI is InChI=1S/C25H26FN3O3/c1-3-4-11-28-14-22(30)29-21(25(28)31)13-19-18-12-16(26)7-10-20(18)27-23(19)24(29)15-5-8-17(32-2)9-6-15/h5-10,12,21,24,27H,3-4,11,13-14H2,1-2H3. The number of methoxy groups -OCH3 is 1. The summed E-state index contributed by atoms with van der Waals surface area (Å²) in [4.78, 5) is 33.6. The van der Waals surface area contributed by atoms with Gasteiger partial charge < -0.3 is 19.5 Å². The molecule has 2 aliphatic rings. The van der Waals surface area contributed by atoms with Gasteiger partial charge >= 0.3 is 0 Å². The van der Waals surface area contributed by atoms with Gasteiger partial charge in [-0.05, 0) is 47.9 Å². The van der Waals surface area contributed by atoms with Gasteiger partial charge in [0.25, 0.3) is 0 Å². The number of rotatable bonds is 5. The SMILES string of the molecule is CCCCN1CC(=O)N2C(Cc3c([nH]c4ccc(F)cc34)C2c2ccc(OC)cc2)C1=O. The second kappa shape index (κ2) is 7.97. The second-order valence-corrected chi connectivity index (χ2v) is 8.52.